The molecule has 0 radical (unpaired) electrons. The van der Waals surface area contributed by atoms with E-state index in [2.05, 4.69) is 11.4 Å². The molecule has 4 nitrogen and oxygen atoms in total. The van der Waals surface area contributed by atoms with Crippen molar-refractivity contribution in [2.24, 2.45) is 0 Å². The average molecular weight is 258 g/mol. The van der Waals surface area contributed by atoms with Crippen LogP contribution < -0.4 is 10.1 Å². The van der Waals surface area contributed by atoms with Gasteiger partial charge in [-0.3, -0.25) is 4.79 Å². The Morgan fingerprint density at radius 2 is 2.11 bits per heavy atom. The standard InChI is InChI=1S/C15H18N2O2/c1-11-5-6-12(9-13(11)19-2)14(18)17-15(10-16)7-3-4-8-15/h5-6,9H,3-4,7-8H2,1-2H3,(H,17,18). The molecule has 1 saturated carbocycles. The molecule has 1 aromatic carbocycles. The van der Waals surface area contributed by atoms with Gasteiger partial charge < -0.3 is 10.1 Å². The number of benzene rings is 1. The van der Waals surface area contributed by atoms with Crippen molar-refractivity contribution in [1.29, 1.82) is 5.26 Å². The lowest BCUT2D eigenvalue weighted by molar-refractivity contribution is 0.0920. The summed E-state index contributed by atoms with van der Waals surface area (Å²) < 4.78 is 5.21. The van der Waals surface area contributed by atoms with Crippen LogP contribution in [0.25, 0.3) is 0 Å². The van der Waals surface area contributed by atoms with Gasteiger partial charge in [0.25, 0.3) is 5.91 Å². The zero-order valence-corrected chi connectivity index (χ0v) is 11.3. The summed E-state index contributed by atoms with van der Waals surface area (Å²) in [5.41, 5.74) is 0.828. The summed E-state index contributed by atoms with van der Waals surface area (Å²) in [4.78, 5) is 12.2. The highest BCUT2D eigenvalue weighted by molar-refractivity contribution is 5.95. The highest BCUT2D eigenvalue weighted by Crippen LogP contribution is 2.29. The van der Waals surface area contributed by atoms with E-state index in [-0.39, 0.29) is 5.91 Å². The van der Waals surface area contributed by atoms with E-state index in [1.54, 1.807) is 19.2 Å². The number of nitrogens with zero attached hydrogens (tertiary/aromatic N) is 1. The van der Waals surface area contributed by atoms with Crippen LogP contribution in [0.1, 0.15) is 41.6 Å². The number of methoxy groups -OCH3 is 1. The number of ether oxygens (including phenoxy) is 1. The Bertz CT molecular complexity index is 525. The van der Waals surface area contributed by atoms with Gasteiger partial charge in [-0.2, -0.15) is 5.26 Å². The van der Waals surface area contributed by atoms with E-state index in [9.17, 15) is 10.1 Å². The number of rotatable bonds is 3. The van der Waals surface area contributed by atoms with E-state index in [4.69, 9.17) is 4.74 Å². The molecule has 0 heterocycles. The molecule has 4 heteroatoms. The van der Waals surface area contributed by atoms with Gasteiger partial charge in [0, 0.05) is 5.56 Å². The third-order valence-corrected chi connectivity index (χ3v) is 3.69. The molecule has 19 heavy (non-hydrogen) atoms. The number of hydrogen-bond acceptors (Lipinski definition) is 3. The molecule has 2 rings (SSSR count). The minimum atomic E-state index is -0.685. The quantitative estimate of drug-likeness (QED) is 0.906. The van der Waals surface area contributed by atoms with E-state index in [1.165, 1.54) is 0 Å². The molecule has 0 aliphatic heterocycles. The number of nitrogens with one attached hydrogen (secondary N) is 1. The van der Waals surface area contributed by atoms with Gasteiger partial charge in [-0.25, -0.2) is 0 Å². The van der Waals surface area contributed by atoms with Crippen LogP contribution in [0, 0.1) is 18.3 Å². The van der Waals surface area contributed by atoms with E-state index in [0.717, 1.165) is 31.2 Å². The van der Waals surface area contributed by atoms with E-state index < -0.39 is 5.54 Å². The predicted octanol–water partition coefficient (Wildman–Crippen LogP) is 2.57. The first-order valence-corrected chi connectivity index (χ1v) is 6.49. The molecule has 0 aromatic heterocycles. The fourth-order valence-electron chi connectivity index (χ4n) is 2.49. The molecule has 1 aromatic rings. The van der Waals surface area contributed by atoms with Gasteiger partial charge >= 0.3 is 0 Å². The summed E-state index contributed by atoms with van der Waals surface area (Å²) >= 11 is 0. The molecule has 0 atom stereocenters. The van der Waals surface area contributed by atoms with Crippen molar-refractivity contribution in [2.75, 3.05) is 7.11 Å². The van der Waals surface area contributed by atoms with Crippen molar-refractivity contribution < 1.29 is 9.53 Å². The molecule has 0 unspecified atom stereocenters. The SMILES string of the molecule is COc1cc(C(=O)NC2(C#N)CCCC2)ccc1C. The molecule has 1 fully saturated rings. The summed E-state index contributed by atoms with van der Waals surface area (Å²) in [6, 6.07) is 7.57. The molecule has 0 bridgehead atoms. The summed E-state index contributed by atoms with van der Waals surface area (Å²) in [6.07, 6.45) is 3.45. The minimum absolute atomic E-state index is 0.207. The van der Waals surface area contributed by atoms with Crippen LogP contribution in [0.2, 0.25) is 0 Å². The van der Waals surface area contributed by atoms with Crippen LogP contribution in [0.15, 0.2) is 18.2 Å². The summed E-state index contributed by atoms with van der Waals surface area (Å²) in [5.74, 6) is 0.479. The second kappa shape index (κ2) is 5.31. The topological polar surface area (TPSA) is 62.1 Å². The van der Waals surface area contributed by atoms with Crippen LogP contribution in [0.5, 0.6) is 5.75 Å². The third kappa shape index (κ3) is 2.70. The van der Waals surface area contributed by atoms with Crippen LogP contribution >= 0.6 is 0 Å². The van der Waals surface area contributed by atoms with Gasteiger partial charge in [0.05, 0.1) is 13.2 Å². The predicted molar refractivity (Wildman–Crippen MR) is 72.0 cm³/mol. The number of amides is 1. The highest BCUT2D eigenvalue weighted by atomic mass is 16.5. The smallest absolute Gasteiger partial charge is 0.252 e. The first-order chi connectivity index (χ1) is 9.10. The molecule has 100 valence electrons. The number of nitriles is 1. The van der Waals surface area contributed by atoms with Gasteiger partial charge in [-0.1, -0.05) is 6.07 Å². The Hall–Kier alpha value is -2.02. The Labute approximate surface area is 113 Å². The van der Waals surface area contributed by atoms with E-state index in [0.29, 0.717) is 11.3 Å². The number of carbonyl (C=O) groups excluding carboxylic acids is 1. The maximum Gasteiger partial charge on any atom is 0.252 e. The Morgan fingerprint density at radius 1 is 1.42 bits per heavy atom. The lowest BCUT2D eigenvalue weighted by Gasteiger charge is -2.22. The average Bonchev–Trinajstić information content (AvgIpc) is 2.88. The summed E-state index contributed by atoms with van der Waals surface area (Å²) in [5, 5.41) is 12.1. The minimum Gasteiger partial charge on any atom is -0.496 e. The first kappa shape index (κ1) is 13.4. The summed E-state index contributed by atoms with van der Waals surface area (Å²) in [7, 11) is 1.58. The van der Waals surface area contributed by atoms with Crippen LogP contribution in [-0.2, 0) is 0 Å². The summed E-state index contributed by atoms with van der Waals surface area (Å²) in [6.45, 7) is 1.92. The third-order valence-electron chi connectivity index (χ3n) is 3.69. The lowest BCUT2D eigenvalue weighted by atomic mass is 9.99. The van der Waals surface area contributed by atoms with Gasteiger partial charge in [-0.05, 0) is 50.3 Å². The van der Waals surface area contributed by atoms with E-state index in [1.807, 2.05) is 13.0 Å². The zero-order chi connectivity index (χ0) is 13.9. The molecular weight excluding hydrogens is 240 g/mol. The number of carbonyl (C=O) groups is 1. The van der Waals surface area contributed by atoms with Crippen molar-refractivity contribution >= 4 is 5.91 Å². The van der Waals surface area contributed by atoms with Crippen LogP contribution in [-0.4, -0.2) is 18.6 Å². The first-order valence-electron chi connectivity index (χ1n) is 6.49. The normalized spacial score (nSPS) is 16.7. The molecular formula is C15H18N2O2. The van der Waals surface area contributed by atoms with Gasteiger partial charge in [-0.15, -0.1) is 0 Å². The van der Waals surface area contributed by atoms with Crippen molar-refractivity contribution in [1.82, 2.24) is 5.32 Å². The fourth-order valence-corrected chi connectivity index (χ4v) is 2.49. The maximum atomic E-state index is 12.2. The largest absolute Gasteiger partial charge is 0.496 e. The number of hydrogen-bond donors (Lipinski definition) is 1. The molecule has 0 spiro atoms. The lowest BCUT2D eigenvalue weighted by Crippen LogP contribution is -2.45. The van der Waals surface area contributed by atoms with Crippen molar-refractivity contribution in [3.63, 3.8) is 0 Å². The molecule has 1 amide bonds. The molecule has 1 aliphatic rings. The van der Waals surface area contributed by atoms with Crippen LogP contribution in [0.3, 0.4) is 0 Å². The van der Waals surface area contributed by atoms with Gasteiger partial charge in [0.2, 0.25) is 0 Å². The van der Waals surface area contributed by atoms with Gasteiger partial charge in [0.15, 0.2) is 0 Å². The van der Waals surface area contributed by atoms with Crippen molar-refractivity contribution in [2.45, 2.75) is 38.1 Å². The zero-order valence-electron chi connectivity index (χ0n) is 11.3. The monoisotopic (exact) mass is 258 g/mol. The Balaban J connectivity index is 2.18. The molecule has 1 N–H and O–H groups in total. The van der Waals surface area contributed by atoms with Crippen molar-refractivity contribution in [3.8, 4) is 11.8 Å². The molecule has 1 aliphatic carbocycles. The van der Waals surface area contributed by atoms with Gasteiger partial charge in [0.1, 0.15) is 11.3 Å². The second-order valence-electron chi connectivity index (χ2n) is 5.04. The highest BCUT2D eigenvalue weighted by Gasteiger charge is 2.35. The van der Waals surface area contributed by atoms with E-state index >= 15 is 0 Å². The second-order valence-corrected chi connectivity index (χ2v) is 5.04. The maximum absolute atomic E-state index is 12.2. The fraction of sp³-hybridized carbons (Fsp3) is 0.467. The Morgan fingerprint density at radius 3 is 2.68 bits per heavy atom. The Kier molecular flexibility index (Phi) is 3.75. The van der Waals surface area contributed by atoms with Crippen LogP contribution in [0.4, 0.5) is 0 Å². The number of aryl methyl sites for hydroxylation is 1. The molecule has 0 saturated heterocycles. The van der Waals surface area contributed by atoms with Crippen molar-refractivity contribution in [3.05, 3.63) is 29.3 Å².